The van der Waals surface area contributed by atoms with E-state index in [2.05, 4.69) is 0 Å². The van der Waals surface area contributed by atoms with E-state index in [9.17, 15) is 13.6 Å². The molecule has 2 nitrogen and oxygen atoms in total. The van der Waals surface area contributed by atoms with E-state index < -0.39 is 17.0 Å². The van der Waals surface area contributed by atoms with Crippen LogP contribution in [0.15, 0.2) is 18.2 Å². The van der Waals surface area contributed by atoms with Gasteiger partial charge in [-0.2, -0.15) is 0 Å². The molecule has 0 heterocycles. The Morgan fingerprint density at radius 3 is 2.31 bits per heavy atom. The molecule has 2 rings (SSSR count). The van der Waals surface area contributed by atoms with Crippen molar-refractivity contribution in [3.05, 3.63) is 35.4 Å². The highest BCUT2D eigenvalue weighted by Gasteiger charge is 2.47. The number of rotatable bonds is 4. The maximum atomic E-state index is 13.3. The van der Waals surface area contributed by atoms with Crippen molar-refractivity contribution in [3.8, 4) is 0 Å². The Hall–Kier alpha value is -1.29. The summed E-state index contributed by atoms with van der Waals surface area (Å²) >= 11 is 0. The van der Waals surface area contributed by atoms with Crippen LogP contribution in [-0.4, -0.2) is 12.3 Å². The first kappa shape index (κ1) is 11.2. The zero-order valence-corrected chi connectivity index (χ0v) is 8.80. The van der Waals surface area contributed by atoms with E-state index in [0.717, 1.165) is 25.0 Å². The third-order valence-corrected chi connectivity index (χ3v) is 3.23. The number of benzene rings is 1. The van der Waals surface area contributed by atoms with Gasteiger partial charge in [-0.05, 0) is 25.0 Å². The van der Waals surface area contributed by atoms with Crippen molar-refractivity contribution in [1.82, 2.24) is 0 Å². The molecule has 0 aliphatic heterocycles. The Bertz CT molecular complexity index is 407. The van der Waals surface area contributed by atoms with E-state index in [1.54, 1.807) is 0 Å². The third-order valence-electron chi connectivity index (χ3n) is 3.23. The van der Waals surface area contributed by atoms with E-state index in [1.807, 2.05) is 0 Å². The summed E-state index contributed by atoms with van der Waals surface area (Å²) < 4.78 is 26.6. The number of carbonyl (C=O) groups excluding carboxylic acids is 1. The summed E-state index contributed by atoms with van der Waals surface area (Å²) in [7, 11) is 0. The van der Waals surface area contributed by atoms with Crippen LogP contribution >= 0.6 is 0 Å². The minimum absolute atomic E-state index is 0.146. The average molecular weight is 225 g/mol. The number of Topliss-reactive ketones (excluding diaryl/α,β-unsaturated/α-hetero) is 1. The third kappa shape index (κ3) is 1.85. The lowest BCUT2D eigenvalue weighted by atomic mass is 9.95. The van der Waals surface area contributed by atoms with E-state index in [4.69, 9.17) is 5.73 Å². The highest BCUT2D eigenvalue weighted by molar-refractivity contribution is 5.89. The summed E-state index contributed by atoms with van der Waals surface area (Å²) in [6.07, 6.45) is 1.27. The van der Waals surface area contributed by atoms with Crippen molar-refractivity contribution in [3.63, 3.8) is 0 Å². The largest absolute Gasteiger partial charge is 0.329 e. The van der Waals surface area contributed by atoms with E-state index in [-0.39, 0.29) is 24.3 Å². The van der Waals surface area contributed by atoms with Gasteiger partial charge < -0.3 is 5.73 Å². The van der Waals surface area contributed by atoms with Crippen LogP contribution in [0, 0.1) is 17.0 Å². The molecule has 1 aromatic carbocycles. The van der Waals surface area contributed by atoms with E-state index >= 15 is 0 Å². The maximum absolute atomic E-state index is 13.3. The van der Waals surface area contributed by atoms with Gasteiger partial charge in [0.15, 0.2) is 0 Å². The SMILES string of the molecule is NCC1(C(=O)Cc2c(F)cccc2F)CC1. The lowest BCUT2D eigenvalue weighted by molar-refractivity contribution is -0.123. The van der Waals surface area contributed by atoms with Crippen LogP contribution in [0.2, 0.25) is 0 Å². The van der Waals surface area contributed by atoms with Crippen LogP contribution in [0.5, 0.6) is 0 Å². The van der Waals surface area contributed by atoms with Crippen molar-refractivity contribution in [2.24, 2.45) is 11.1 Å². The summed E-state index contributed by atoms with van der Waals surface area (Å²) in [5, 5.41) is 0. The molecule has 4 heteroatoms. The number of carbonyl (C=O) groups is 1. The molecule has 16 heavy (non-hydrogen) atoms. The summed E-state index contributed by atoms with van der Waals surface area (Å²) in [5.74, 6) is -1.48. The molecule has 0 bridgehead atoms. The lowest BCUT2D eigenvalue weighted by Gasteiger charge is -2.11. The van der Waals surface area contributed by atoms with E-state index in [0.29, 0.717) is 0 Å². The van der Waals surface area contributed by atoms with Crippen LogP contribution in [0.3, 0.4) is 0 Å². The van der Waals surface area contributed by atoms with Crippen molar-refractivity contribution < 1.29 is 13.6 Å². The average Bonchev–Trinajstić information content (AvgIpc) is 3.04. The highest BCUT2D eigenvalue weighted by Crippen LogP contribution is 2.46. The zero-order chi connectivity index (χ0) is 11.8. The molecule has 0 saturated heterocycles. The maximum Gasteiger partial charge on any atom is 0.144 e. The Morgan fingerprint density at radius 2 is 1.88 bits per heavy atom. The van der Waals surface area contributed by atoms with Crippen molar-refractivity contribution in [2.45, 2.75) is 19.3 Å². The molecule has 0 atom stereocenters. The predicted octanol–water partition coefficient (Wildman–Crippen LogP) is 1.82. The fourth-order valence-corrected chi connectivity index (χ4v) is 1.80. The lowest BCUT2D eigenvalue weighted by Crippen LogP contribution is -2.27. The van der Waals surface area contributed by atoms with Gasteiger partial charge in [0.2, 0.25) is 0 Å². The number of hydrogen-bond acceptors (Lipinski definition) is 2. The van der Waals surface area contributed by atoms with Gasteiger partial charge in [-0.1, -0.05) is 6.07 Å². The molecular formula is C12H13F2NO. The van der Waals surface area contributed by atoms with Gasteiger partial charge in [-0.3, -0.25) is 4.79 Å². The molecule has 1 aliphatic rings. The predicted molar refractivity (Wildman–Crippen MR) is 55.8 cm³/mol. The minimum atomic E-state index is -0.666. The second-order valence-electron chi connectivity index (χ2n) is 4.28. The summed E-state index contributed by atoms with van der Waals surface area (Å²) in [6, 6.07) is 3.61. The van der Waals surface area contributed by atoms with Crippen LogP contribution < -0.4 is 5.73 Å². The number of nitrogens with two attached hydrogens (primary N) is 1. The molecule has 1 fully saturated rings. The molecule has 0 aromatic heterocycles. The van der Waals surface area contributed by atoms with Gasteiger partial charge in [0.1, 0.15) is 17.4 Å². The van der Waals surface area contributed by atoms with Crippen LogP contribution in [0.4, 0.5) is 8.78 Å². The Balaban J connectivity index is 2.18. The molecular weight excluding hydrogens is 212 g/mol. The Morgan fingerprint density at radius 1 is 1.31 bits per heavy atom. The Labute approximate surface area is 92.4 Å². The van der Waals surface area contributed by atoms with Crippen molar-refractivity contribution in [1.29, 1.82) is 0 Å². The monoisotopic (exact) mass is 225 g/mol. The highest BCUT2D eigenvalue weighted by atomic mass is 19.1. The molecule has 0 amide bonds. The normalized spacial score (nSPS) is 17.2. The number of ketones is 1. The van der Waals surface area contributed by atoms with Gasteiger partial charge in [0.25, 0.3) is 0 Å². The van der Waals surface area contributed by atoms with Gasteiger partial charge >= 0.3 is 0 Å². The summed E-state index contributed by atoms with van der Waals surface area (Å²) in [4.78, 5) is 11.8. The van der Waals surface area contributed by atoms with Gasteiger partial charge in [0.05, 0.1) is 0 Å². The summed E-state index contributed by atoms with van der Waals surface area (Å²) in [5.41, 5.74) is 4.84. The Kier molecular flexibility index (Phi) is 2.76. The quantitative estimate of drug-likeness (QED) is 0.849. The molecule has 1 saturated carbocycles. The van der Waals surface area contributed by atoms with Crippen LogP contribution in [-0.2, 0) is 11.2 Å². The minimum Gasteiger partial charge on any atom is -0.329 e. The van der Waals surface area contributed by atoms with Crippen LogP contribution in [0.25, 0.3) is 0 Å². The second kappa shape index (κ2) is 3.94. The number of halogens is 2. The molecule has 86 valence electrons. The first-order chi connectivity index (χ1) is 7.59. The first-order valence-electron chi connectivity index (χ1n) is 5.25. The second-order valence-corrected chi connectivity index (χ2v) is 4.28. The molecule has 0 radical (unpaired) electrons. The topological polar surface area (TPSA) is 43.1 Å². The molecule has 1 aromatic rings. The standard InChI is InChI=1S/C12H13F2NO/c13-9-2-1-3-10(14)8(9)6-11(16)12(7-15)4-5-12/h1-3H,4-7,15H2. The number of hydrogen-bond donors (Lipinski definition) is 1. The van der Waals surface area contributed by atoms with Crippen molar-refractivity contribution in [2.75, 3.05) is 6.54 Å². The van der Waals surface area contributed by atoms with Gasteiger partial charge in [0, 0.05) is 23.9 Å². The van der Waals surface area contributed by atoms with E-state index in [1.165, 1.54) is 6.07 Å². The van der Waals surface area contributed by atoms with Crippen LogP contribution in [0.1, 0.15) is 18.4 Å². The fourth-order valence-electron chi connectivity index (χ4n) is 1.80. The fraction of sp³-hybridized carbons (Fsp3) is 0.417. The zero-order valence-electron chi connectivity index (χ0n) is 8.80. The first-order valence-corrected chi connectivity index (χ1v) is 5.25. The van der Waals surface area contributed by atoms with Crippen molar-refractivity contribution >= 4 is 5.78 Å². The molecule has 0 unspecified atom stereocenters. The van der Waals surface area contributed by atoms with Gasteiger partial charge in [-0.15, -0.1) is 0 Å². The van der Waals surface area contributed by atoms with Gasteiger partial charge in [-0.25, -0.2) is 8.78 Å². The molecule has 0 spiro atoms. The molecule has 2 N–H and O–H groups in total. The summed E-state index contributed by atoms with van der Waals surface area (Å²) in [6.45, 7) is 0.266. The smallest absolute Gasteiger partial charge is 0.144 e. The molecule has 1 aliphatic carbocycles.